The van der Waals surface area contributed by atoms with Gasteiger partial charge in [-0.2, -0.15) is 9.57 Å². The van der Waals surface area contributed by atoms with Crippen LogP contribution in [0.4, 0.5) is 0 Å². The lowest BCUT2D eigenvalue weighted by molar-refractivity contribution is -0.124. The highest BCUT2D eigenvalue weighted by Crippen LogP contribution is 2.28. The van der Waals surface area contributed by atoms with Gasteiger partial charge in [-0.05, 0) is 18.2 Å². The van der Waals surface area contributed by atoms with E-state index in [0.29, 0.717) is 5.56 Å². The van der Waals surface area contributed by atoms with Crippen molar-refractivity contribution < 1.29 is 13.2 Å². The molecule has 106 valence electrons. The van der Waals surface area contributed by atoms with E-state index in [0.717, 1.165) is 0 Å². The third-order valence-corrected chi connectivity index (χ3v) is 5.66. The summed E-state index contributed by atoms with van der Waals surface area (Å²) in [4.78, 5) is 11.4. The molecule has 1 aromatic rings. The van der Waals surface area contributed by atoms with Gasteiger partial charge in [0.25, 0.3) is 0 Å². The fourth-order valence-electron chi connectivity index (χ4n) is 2.12. The number of rotatable bonds is 2. The predicted octanol–water partition coefficient (Wildman–Crippen LogP) is 1.81. The molecule has 0 spiro atoms. The Labute approximate surface area is 122 Å². The van der Waals surface area contributed by atoms with Crippen molar-refractivity contribution in [3.8, 4) is 6.07 Å². The summed E-state index contributed by atoms with van der Waals surface area (Å²) in [5, 5.41) is 8.78. The van der Waals surface area contributed by atoms with Crippen LogP contribution in [0.15, 0.2) is 23.1 Å². The Morgan fingerprint density at radius 3 is 2.70 bits per heavy atom. The zero-order chi connectivity index (χ0) is 14.9. The number of nitrogens with zero attached hydrogens (tertiary/aromatic N) is 2. The highest BCUT2D eigenvalue weighted by atomic mass is 35.5. The Bertz CT molecular complexity index is 694. The summed E-state index contributed by atoms with van der Waals surface area (Å²) in [6.45, 7) is 2.05. The fourth-order valence-corrected chi connectivity index (χ4v) is 4.16. The fraction of sp³-hybridized carbons (Fsp3) is 0.385. The van der Waals surface area contributed by atoms with Gasteiger partial charge in [0.15, 0.2) is 0 Å². The highest BCUT2D eigenvalue weighted by molar-refractivity contribution is 7.89. The Balaban J connectivity index is 2.36. The second kappa shape index (κ2) is 5.52. The number of halogens is 1. The number of hydrogen-bond acceptors (Lipinski definition) is 4. The van der Waals surface area contributed by atoms with Crippen molar-refractivity contribution in [3.05, 3.63) is 28.8 Å². The maximum absolute atomic E-state index is 12.5. The van der Waals surface area contributed by atoms with Crippen molar-refractivity contribution in [2.75, 3.05) is 13.1 Å². The minimum atomic E-state index is -3.73. The van der Waals surface area contributed by atoms with Crippen molar-refractivity contribution in [1.82, 2.24) is 4.31 Å². The molecule has 1 aliphatic rings. The molecule has 0 aromatic heterocycles. The molecule has 1 aliphatic heterocycles. The molecular weight excluding hydrogens is 300 g/mol. The van der Waals surface area contributed by atoms with E-state index in [-0.39, 0.29) is 41.1 Å². The van der Waals surface area contributed by atoms with Crippen molar-refractivity contribution in [2.24, 2.45) is 5.92 Å². The van der Waals surface area contributed by atoms with Gasteiger partial charge in [-0.15, -0.1) is 0 Å². The zero-order valence-electron chi connectivity index (χ0n) is 10.8. The van der Waals surface area contributed by atoms with Crippen LogP contribution in [-0.4, -0.2) is 31.6 Å². The first-order valence-corrected chi connectivity index (χ1v) is 7.90. The molecule has 1 aromatic carbocycles. The summed E-state index contributed by atoms with van der Waals surface area (Å²) in [6, 6.07) is 5.97. The number of piperidine rings is 1. The Hall–Kier alpha value is -1.42. The average Bonchev–Trinajstić information content (AvgIpc) is 2.41. The minimum absolute atomic E-state index is 0.0219. The number of ketones is 1. The molecule has 20 heavy (non-hydrogen) atoms. The molecule has 5 nitrogen and oxygen atoms in total. The first kappa shape index (κ1) is 15.0. The van der Waals surface area contributed by atoms with Crippen LogP contribution >= 0.6 is 11.6 Å². The molecular formula is C13H13ClN2O3S. The van der Waals surface area contributed by atoms with Crippen LogP contribution in [0.1, 0.15) is 18.9 Å². The van der Waals surface area contributed by atoms with Crippen LogP contribution in [-0.2, 0) is 14.8 Å². The Kier molecular flexibility index (Phi) is 4.14. The van der Waals surface area contributed by atoms with Crippen LogP contribution in [0, 0.1) is 17.2 Å². The largest absolute Gasteiger partial charge is 0.299 e. The molecule has 0 bridgehead atoms. The topological polar surface area (TPSA) is 78.2 Å². The Morgan fingerprint density at radius 1 is 1.45 bits per heavy atom. The number of carbonyl (C=O) groups is 1. The number of sulfonamides is 1. The van der Waals surface area contributed by atoms with E-state index in [1.54, 1.807) is 6.92 Å². The lowest BCUT2D eigenvalue weighted by Crippen LogP contribution is -2.43. The quantitative estimate of drug-likeness (QED) is 0.834. The molecule has 7 heteroatoms. The van der Waals surface area contributed by atoms with E-state index in [9.17, 15) is 13.2 Å². The second-order valence-corrected chi connectivity index (χ2v) is 7.05. The van der Waals surface area contributed by atoms with Gasteiger partial charge in [-0.25, -0.2) is 8.42 Å². The summed E-state index contributed by atoms with van der Waals surface area (Å²) in [6.07, 6.45) is 0.217. The van der Waals surface area contributed by atoms with E-state index in [4.69, 9.17) is 16.9 Å². The molecule has 1 fully saturated rings. The predicted molar refractivity (Wildman–Crippen MR) is 73.7 cm³/mol. The van der Waals surface area contributed by atoms with E-state index in [1.807, 2.05) is 6.07 Å². The Morgan fingerprint density at radius 2 is 2.15 bits per heavy atom. The molecule has 0 N–H and O–H groups in total. The number of carbonyl (C=O) groups excluding carboxylic acids is 1. The van der Waals surface area contributed by atoms with E-state index in [2.05, 4.69) is 0 Å². The van der Waals surface area contributed by atoms with Gasteiger partial charge >= 0.3 is 0 Å². The van der Waals surface area contributed by atoms with Crippen molar-refractivity contribution in [1.29, 1.82) is 5.26 Å². The SMILES string of the molecule is CC1CN(S(=O)(=O)c2ccc(C#N)cc2Cl)CCC1=O. The summed E-state index contributed by atoms with van der Waals surface area (Å²) in [5.41, 5.74) is 0.302. The average molecular weight is 313 g/mol. The molecule has 0 saturated carbocycles. The minimum Gasteiger partial charge on any atom is -0.299 e. The van der Waals surface area contributed by atoms with Gasteiger partial charge in [0.1, 0.15) is 10.7 Å². The van der Waals surface area contributed by atoms with Gasteiger partial charge in [0, 0.05) is 25.4 Å². The molecule has 0 aliphatic carbocycles. The van der Waals surface area contributed by atoms with Crippen molar-refractivity contribution in [2.45, 2.75) is 18.2 Å². The lowest BCUT2D eigenvalue weighted by Gasteiger charge is -2.29. The summed E-state index contributed by atoms with van der Waals surface area (Å²) in [5.74, 6) is -0.238. The summed E-state index contributed by atoms with van der Waals surface area (Å²) >= 11 is 5.95. The number of Topliss-reactive ketones (excluding diaryl/α,β-unsaturated/α-hetero) is 1. The second-order valence-electron chi connectivity index (χ2n) is 4.74. The van der Waals surface area contributed by atoms with Crippen LogP contribution in [0.3, 0.4) is 0 Å². The van der Waals surface area contributed by atoms with Crippen LogP contribution < -0.4 is 0 Å². The molecule has 0 amide bonds. The molecule has 2 rings (SSSR count). The first-order valence-electron chi connectivity index (χ1n) is 6.09. The number of nitriles is 1. The summed E-state index contributed by atoms with van der Waals surface area (Å²) in [7, 11) is -3.73. The van der Waals surface area contributed by atoms with Crippen LogP contribution in [0.2, 0.25) is 5.02 Å². The maximum atomic E-state index is 12.5. The van der Waals surface area contributed by atoms with Gasteiger partial charge in [0.05, 0.1) is 16.7 Å². The van der Waals surface area contributed by atoms with Gasteiger partial charge in [-0.3, -0.25) is 4.79 Å². The molecule has 1 saturated heterocycles. The highest BCUT2D eigenvalue weighted by Gasteiger charge is 2.33. The first-order chi connectivity index (χ1) is 9.36. The van der Waals surface area contributed by atoms with Gasteiger partial charge in [-0.1, -0.05) is 18.5 Å². The monoisotopic (exact) mass is 312 g/mol. The molecule has 1 heterocycles. The van der Waals surface area contributed by atoms with Crippen LogP contribution in [0.5, 0.6) is 0 Å². The summed E-state index contributed by atoms with van der Waals surface area (Å²) < 4.78 is 26.3. The van der Waals surface area contributed by atoms with Gasteiger partial charge < -0.3 is 0 Å². The molecule has 1 atom stereocenters. The van der Waals surface area contributed by atoms with Crippen LogP contribution in [0.25, 0.3) is 0 Å². The lowest BCUT2D eigenvalue weighted by atomic mass is 10.0. The third-order valence-electron chi connectivity index (χ3n) is 3.31. The van der Waals surface area contributed by atoms with Crippen molar-refractivity contribution >= 4 is 27.4 Å². The van der Waals surface area contributed by atoms with Gasteiger partial charge in [0.2, 0.25) is 10.0 Å². The maximum Gasteiger partial charge on any atom is 0.244 e. The third kappa shape index (κ3) is 2.70. The van der Waals surface area contributed by atoms with E-state index < -0.39 is 10.0 Å². The van der Waals surface area contributed by atoms with Crippen molar-refractivity contribution in [3.63, 3.8) is 0 Å². The van der Waals surface area contributed by atoms with E-state index in [1.165, 1.54) is 22.5 Å². The molecule has 0 radical (unpaired) electrons. The zero-order valence-corrected chi connectivity index (χ0v) is 12.4. The molecule has 1 unspecified atom stereocenters. The number of benzene rings is 1. The van der Waals surface area contributed by atoms with E-state index >= 15 is 0 Å². The number of hydrogen-bond donors (Lipinski definition) is 0. The standard InChI is InChI=1S/C13H13ClN2O3S/c1-9-8-16(5-4-12(9)17)20(18,19)13-3-2-10(7-15)6-11(13)14/h2-3,6,9H,4-5,8H2,1H3. The normalized spacial score (nSPS) is 20.6. The smallest absolute Gasteiger partial charge is 0.244 e.